The zero-order chi connectivity index (χ0) is 9.97. The maximum Gasteiger partial charge on any atom is 0.222 e. The van der Waals surface area contributed by atoms with Crippen LogP contribution in [0.15, 0.2) is 6.20 Å². The maximum atomic E-state index is 4.36. The van der Waals surface area contributed by atoms with Crippen molar-refractivity contribution < 1.29 is 0 Å². The Labute approximate surface area is 84.2 Å². The fourth-order valence-electron chi connectivity index (χ4n) is 1.34. The fraction of sp³-hybridized carbons (Fsp3) is 0.600. The summed E-state index contributed by atoms with van der Waals surface area (Å²) in [6, 6.07) is 0. The van der Waals surface area contributed by atoms with Crippen molar-refractivity contribution in [2.45, 2.75) is 13.8 Å². The number of aryl methyl sites for hydroxylation is 2. The van der Waals surface area contributed by atoms with Crippen LogP contribution in [0.1, 0.15) is 11.3 Å². The van der Waals surface area contributed by atoms with Crippen molar-refractivity contribution in [2.75, 3.05) is 25.0 Å². The first-order valence-corrected chi connectivity index (χ1v) is 5.00. The standard InChI is InChI=1S/C10H16N4/c1-7-3-12-10(14-8(7)2)13-6-9-4-11-5-9/h3,9,11H,4-6H2,1-2H3,(H,12,13,14). The lowest BCUT2D eigenvalue weighted by Gasteiger charge is -2.27. The number of hydrogen-bond donors (Lipinski definition) is 2. The summed E-state index contributed by atoms with van der Waals surface area (Å²) in [6.45, 7) is 7.22. The normalized spacial score (nSPS) is 16.4. The second-order valence-electron chi connectivity index (χ2n) is 3.87. The Morgan fingerprint density at radius 3 is 2.86 bits per heavy atom. The first-order chi connectivity index (χ1) is 6.75. The highest BCUT2D eigenvalue weighted by atomic mass is 15.1. The molecule has 2 heterocycles. The molecule has 1 aliphatic heterocycles. The van der Waals surface area contributed by atoms with Gasteiger partial charge < -0.3 is 10.6 Å². The molecule has 4 heteroatoms. The quantitative estimate of drug-likeness (QED) is 0.741. The van der Waals surface area contributed by atoms with Gasteiger partial charge in [-0.25, -0.2) is 9.97 Å². The molecule has 1 saturated heterocycles. The van der Waals surface area contributed by atoms with Gasteiger partial charge in [-0.05, 0) is 19.4 Å². The van der Waals surface area contributed by atoms with E-state index in [4.69, 9.17) is 0 Å². The van der Waals surface area contributed by atoms with Crippen molar-refractivity contribution in [1.29, 1.82) is 0 Å². The lowest BCUT2D eigenvalue weighted by Crippen LogP contribution is -2.45. The predicted octanol–water partition coefficient (Wildman–Crippen LogP) is 0.725. The van der Waals surface area contributed by atoms with E-state index in [0.29, 0.717) is 0 Å². The Kier molecular flexibility index (Phi) is 2.63. The Balaban J connectivity index is 1.91. The van der Waals surface area contributed by atoms with E-state index in [1.807, 2.05) is 20.0 Å². The van der Waals surface area contributed by atoms with Crippen LogP contribution in [0.4, 0.5) is 5.95 Å². The van der Waals surface area contributed by atoms with Gasteiger partial charge in [-0.15, -0.1) is 0 Å². The smallest absolute Gasteiger partial charge is 0.222 e. The molecule has 4 nitrogen and oxygen atoms in total. The van der Waals surface area contributed by atoms with E-state index in [2.05, 4.69) is 20.6 Å². The van der Waals surface area contributed by atoms with E-state index in [9.17, 15) is 0 Å². The molecule has 2 N–H and O–H groups in total. The average molecular weight is 192 g/mol. The SMILES string of the molecule is Cc1cnc(NCC2CNC2)nc1C. The molecule has 0 aliphatic carbocycles. The van der Waals surface area contributed by atoms with Crippen molar-refractivity contribution in [3.05, 3.63) is 17.5 Å². The van der Waals surface area contributed by atoms with Crippen LogP contribution in [0.5, 0.6) is 0 Å². The van der Waals surface area contributed by atoms with E-state index in [-0.39, 0.29) is 0 Å². The number of rotatable bonds is 3. The van der Waals surface area contributed by atoms with Crippen molar-refractivity contribution in [1.82, 2.24) is 15.3 Å². The van der Waals surface area contributed by atoms with Crippen molar-refractivity contribution in [3.8, 4) is 0 Å². The van der Waals surface area contributed by atoms with Crippen LogP contribution in [-0.2, 0) is 0 Å². The molecule has 1 aliphatic rings. The third-order valence-corrected chi connectivity index (χ3v) is 2.64. The zero-order valence-electron chi connectivity index (χ0n) is 8.67. The molecule has 2 rings (SSSR count). The largest absolute Gasteiger partial charge is 0.354 e. The molecular formula is C10H16N4. The van der Waals surface area contributed by atoms with Crippen LogP contribution in [-0.4, -0.2) is 29.6 Å². The summed E-state index contributed by atoms with van der Waals surface area (Å²) in [7, 11) is 0. The number of nitrogens with one attached hydrogen (secondary N) is 2. The van der Waals surface area contributed by atoms with Crippen molar-refractivity contribution in [3.63, 3.8) is 0 Å². The van der Waals surface area contributed by atoms with E-state index in [1.54, 1.807) is 0 Å². The van der Waals surface area contributed by atoms with Gasteiger partial charge >= 0.3 is 0 Å². The van der Waals surface area contributed by atoms with Crippen LogP contribution in [0, 0.1) is 19.8 Å². The highest BCUT2D eigenvalue weighted by Crippen LogP contribution is 2.07. The molecule has 0 radical (unpaired) electrons. The topological polar surface area (TPSA) is 49.8 Å². The number of nitrogens with zero attached hydrogens (tertiary/aromatic N) is 2. The molecule has 0 atom stereocenters. The van der Waals surface area contributed by atoms with E-state index < -0.39 is 0 Å². The van der Waals surface area contributed by atoms with Gasteiger partial charge in [-0.3, -0.25) is 0 Å². The number of anilines is 1. The van der Waals surface area contributed by atoms with E-state index >= 15 is 0 Å². The van der Waals surface area contributed by atoms with Crippen molar-refractivity contribution >= 4 is 5.95 Å². The van der Waals surface area contributed by atoms with Crippen LogP contribution < -0.4 is 10.6 Å². The Hall–Kier alpha value is -1.16. The van der Waals surface area contributed by atoms with Crippen LogP contribution in [0.2, 0.25) is 0 Å². The average Bonchev–Trinajstić information content (AvgIpc) is 2.08. The summed E-state index contributed by atoms with van der Waals surface area (Å²) in [5.74, 6) is 1.49. The first-order valence-electron chi connectivity index (χ1n) is 5.00. The summed E-state index contributed by atoms with van der Waals surface area (Å²) in [4.78, 5) is 8.59. The minimum atomic E-state index is 0.736. The van der Waals surface area contributed by atoms with Crippen LogP contribution >= 0.6 is 0 Å². The Morgan fingerprint density at radius 1 is 1.50 bits per heavy atom. The second kappa shape index (κ2) is 3.92. The Morgan fingerprint density at radius 2 is 2.29 bits per heavy atom. The van der Waals surface area contributed by atoms with Gasteiger partial charge in [0.05, 0.1) is 0 Å². The van der Waals surface area contributed by atoms with Crippen LogP contribution in [0.3, 0.4) is 0 Å². The first kappa shape index (κ1) is 9.40. The number of aromatic nitrogens is 2. The van der Waals surface area contributed by atoms with E-state index in [0.717, 1.165) is 42.8 Å². The third kappa shape index (κ3) is 2.01. The van der Waals surface area contributed by atoms with Gasteiger partial charge in [0.25, 0.3) is 0 Å². The summed E-state index contributed by atoms with van der Waals surface area (Å²) < 4.78 is 0. The monoisotopic (exact) mass is 192 g/mol. The zero-order valence-corrected chi connectivity index (χ0v) is 8.67. The minimum absolute atomic E-state index is 0.736. The highest BCUT2D eigenvalue weighted by Gasteiger charge is 2.16. The summed E-state index contributed by atoms with van der Waals surface area (Å²) in [6.07, 6.45) is 1.86. The van der Waals surface area contributed by atoms with Gasteiger partial charge in [0, 0.05) is 37.4 Å². The summed E-state index contributed by atoms with van der Waals surface area (Å²) in [5.41, 5.74) is 2.19. The van der Waals surface area contributed by atoms with Gasteiger partial charge in [0.1, 0.15) is 0 Å². The molecule has 14 heavy (non-hydrogen) atoms. The molecule has 0 aromatic carbocycles. The molecule has 0 amide bonds. The van der Waals surface area contributed by atoms with Gasteiger partial charge in [-0.2, -0.15) is 0 Å². The van der Waals surface area contributed by atoms with Gasteiger partial charge in [0.15, 0.2) is 0 Å². The molecule has 0 unspecified atom stereocenters. The van der Waals surface area contributed by atoms with Crippen molar-refractivity contribution in [2.24, 2.45) is 5.92 Å². The molecule has 1 aromatic rings. The molecule has 0 bridgehead atoms. The van der Waals surface area contributed by atoms with Crippen LogP contribution in [0.25, 0.3) is 0 Å². The third-order valence-electron chi connectivity index (χ3n) is 2.64. The van der Waals surface area contributed by atoms with Gasteiger partial charge in [0.2, 0.25) is 5.95 Å². The predicted molar refractivity (Wildman–Crippen MR) is 56.4 cm³/mol. The molecule has 1 fully saturated rings. The Bertz CT molecular complexity index is 320. The number of hydrogen-bond acceptors (Lipinski definition) is 4. The molecule has 0 saturated carbocycles. The molecule has 76 valence electrons. The fourth-order valence-corrected chi connectivity index (χ4v) is 1.34. The maximum absolute atomic E-state index is 4.36. The summed E-state index contributed by atoms with van der Waals surface area (Å²) >= 11 is 0. The minimum Gasteiger partial charge on any atom is -0.354 e. The highest BCUT2D eigenvalue weighted by molar-refractivity contribution is 5.28. The lowest BCUT2D eigenvalue weighted by atomic mass is 10.0. The molecular weight excluding hydrogens is 176 g/mol. The molecule has 0 spiro atoms. The summed E-state index contributed by atoms with van der Waals surface area (Å²) in [5, 5.41) is 6.49. The second-order valence-corrected chi connectivity index (χ2v) is 3.87. The van der Waals surface area contributed by atoms with Gasteiger partial charge in [-0.1, -0.05) is 0 Å². The van der Waals surface area contributed by atoms with E-state index in [1.165, 1.54) is 0 Å². The lowest BCUT2D eigenvalue weighted by molar-refractivity contribution is 0.365. The molecule has 1 aromatic heterocycles.